The van der Waals surface area contributed by atoms with Gasteiger partial charge in [0, 0.05) is 19.6 Å². The Hall–Kier alpha value is -3.58. The van der Waals surface area contributed by atoms with Crippen LogP contribution in [0.2, 0.25) is 0 Å². The molecule has 2 amide bonds. The lowest BCUT2D eigenvalue weighted by Gasteiger charge is -2.31. The number of carbonyl (C=O) groups is 2. The Labute approximate surface area is 197 Å². The molecular formula is C27H27F2N3O2. The van der Waals surface area contributed by atoms with E-state index in [1.807, 2.05) is 24.3 Å². The number of rotatable bonds is 7. The Morgan fingerprint density at radius 2 is 1.71 bits per heavy atom. The van der Waals surface area contributed by atoms with Crippen molar-refractivity contribution in [2.24, 2.45) is 11.7 Å². The SMILES string of the molecule is NC(=O)C1CCCN(Cc2cccc(CNC(=O)c3ccc(-c4ccc(F)cc4)cc3F)c2)C1. The third kappa shape index (κ3) is 5.85. The summed E-state index contributed by atoms with van der Waals surface area (Å²) in [5.41, 5.74) is 8.63. The molecule has 7 heteroatoms. The summed E-state index contributed by atoms with van der Waals surface area (Å²) < 4.78 is 27.7. The van der Waals surface area contributed by atoms with Gasteiger partial charge in [0.1, 0.15) is 11.6 Å². The van der Waals surface area contributed by atoms with Crippen LogP contribution in [0.1, 0.15) is 34.3 Å². The van der Waals surface area contributed by atoms with Crippen LogP contribution < -0.4 is 11.1 Å². The summed E-state index contributed by atoms with van der Waals surface area (Å²) in [4.78, 5) is 26.3. The van der Waals surface area contributed by atoms with E-state index in [2.05, 4.69) is 10.2 Å². The van der Waals surface area contributed by atoms with Gasteiger partial charge in [-0.1, -0.05) is 42.5 Å². The van der Waals surface area contributed by atoms with Crippen LogP contribution in [-0.4, -0.2) is 29.8 Å². The maximum atomic E-state index is 14.6. The molecule has 5 nitrogen and oxygen atoms in total. The smallest absolute Gasteiger partial charge is 0.254 e. The van der Waals surface area contributed by atoms with Gasteiger partial charge in [0.25, 0.3) is 5.91 Å². The van der Waals surface area contributed by atoms with Gasteiger partial charge < -0.3 is 11.1 Å². The zero-order valence-electron chi connectivity index (χ0n) is 18.8. The minimum absolute atomic E-state index is 0.0483. The number of nitrogens with two attached hydrogens (primary N) is 1. The Balaban J connectivity index is 1.36. The van der Waals surface area contributed by atoms with E-state index in [1.165, 1.54) is 24.3 Å². The second kappa shape index (κ2) is 10.6. The molecule has 4 rings (SSSR count). The molecule has 1 saturated heterocycles. The van der Waals surface area contributed by atoms with Gasteiger partial charge in [-0.25, -0.2) is 8.78 Å². The van der Waals surface area contributed by atoms with E-state index in [0.29, 0.717) is 24.2 Å². The number of hydrogen-bond acceptors (Lipinski definition) is 3. The first-order chi connectivity index (χ1) is 16.4. The van der Waals surface area contributed by atoms with Crippen molar-refractivity contribution in [2.45, 2.75) is 25.9 Å². The monoisotopic (exact) mass is 463 g/mol. The fourth-order valence-corrected chi connectivity index (χ4v) is 4.33. The summed E-state index contributed by atoms with van der Waals surface area (Å²) in [6, 6.07) is 17.9. The lowest BCUT2D eigenvalue weighted by molar-refractivity contribution is -0.123. The Bertz CT molecular complexity index is 1180. The van der Waals surface area contributed by atoms with Crippen molar-refractivity contribution < 1.29 is 18.4 Å². The highest BCUT2D eigenvalue weighted by atomic mass is 19.1. The van der Waals surface area contributed by atoms with Gasteiger partial charge in [0.05, 0.1) is 11.5 Å². The summed E-state index contributed by atoms with van der Waals surface area (Å²) in [6.07, 6.45) is 1.77. The van der Waals surface area contributed by atoms with Crippen LogP contribution in [0, 0.1) is 17.6 Å². The molecule has 0 aliphatic carbocycles. The third-order valence-electron chi connectivity index (χ3n) is 6.15. The Morgan fingerprint density at radius 1 is 0.971 bits per heavy atom. The Morgan fingerprint density at radius 3 is 2.44 bits per heavy atom. The van der Waals surface area contributed by atoms with E-state index in [1.54, 1.807) is 18.2 Å². The van der Waals surface area contributed by atoms with Gasteiger partial charge in [-0.2, -0.15) is 0 Å². The van der Waals surface area contributed by atoms with Crippen molar-refractivity contribution in [3.8, 4) is 11.1 Å². The van der Waals surface area contributed by atoms with Gasteiger partial charge in [-0.05, 0) is 65.9 Å². The highest BCUT2D eigenvalue weighted by Gasteiger charge is 2.23. The predicted molar refractivity (Wildman–Crippen MR) is 127 cm³/mol. The molecule has 1 unspecified atom stereocenters. The van der Waals surface area contributed by atoms with E-state index < -0.39 is 11.7 Å². The number of primary amides is 1. The van der Waals surface area contributed by atoms with Crippen LogP contribution >= 0.6 is 0 Å². The van der Waals surface area contributed by atoms with Crippen LogP contribution in [0.4, 0.5) is 8.78 Å². The number of benzene rings is 3. The zero-order valence-corrected chi connectivity index (χ0v) is 18.8. The summed E-state index contributed by atoms with van der Waals surface area (Å²) in [5, 5.41) is 2.77. The highest BCUT2D eigenvalue weighted by Crippen LogP contribution is 2.23. The standard InChI is InChI=1S/C27H27F2N3O2/c28-23-9-6-20(7-10-23)21-8-11-24(25(29)14-21)27(34)31-15-18-3-1-4-19(13-18)16-32-12-2-5-22(17-32)26(30)33/h1,3-4,6-11,13-14,22H,2,5,12,15-17H2,(H2,30,33)(H,31,34). The number of hydrogen-bond donors (Lipinski definition) is 2. The van der Waals surface area contributed by atoms with Gasteiger partial charge in [0.2, 0.25) is 5.91 Å². The maximum absolute atomic E-state index is 14.6. The topological polar surface area (TPSA) is 75.4 Å². The number of piperidine rings is 1. The second-order valence-corrected chi connectivity index (χ2v) is 8.68. The van der Waals surface area contributed by atoms with Crippen molar-refractivity contribution in [2.75, 3.05) is 13.1 Å². The lowest BCUT2D eigenvalue weighted by Crippen LogP contribution is -2.40. The minimum atomic E-state index is -0.637. The number of amides is 2. The first-order valence-corrected chi connectivity index (χ1v) is 11.3. The van der Waals surface area contributed by atoms with Gasteiger partial charge in [0.15, 0.2) is 0 Å². The number of halogens is 2. The molecule has 0 bridgehead atoms. The van der Waals surface area contributed by atoms with E-state index in [9.17, 15) is 18.4 Å². The van der Waals surface area contributed by atoms with E-state index in [0.717, 1.165) is 30.5 Å². The molecule has 3 aromatic rings. The van der Waals surface area contributed by atoms with Gasteiger partial charge in [-0.15, -0.1) is 0 Å². The lowest BCUT2D eigenvalue weighted by atomic mass is 9.97. The minimum Gasteiger partial charge on any atom is -0.369 e. The quantitative estimate of drug-likeness (QED) is 0.550. The third-order valence-corrected chi connectivity index (χ3v) is 6.15. The molecule has 0 aromatic heterocycles. The van der Waals surface area contributed by atoms with Crippen LogP contribution in [0.3, 0.4) is 0 Å². The summed E-state index contributed by atoms with van der Waals surface area (Å²) in [5.74, 6) is -1.87. The van der Waals surface area contributed by atoms with Crippen molar-refractivity contribution in [3.63, 3.8) is 0 Å². The fraction of sp³-hybridized carbons (Fsp3) is 0.259. The van der Waals surface area contributed by atoms with Crippen LogP contribution in [0.5, 0.6) is 0 Å². The largest absolute Gasteiger partial charge is 0.369 e. The predicted octanol–water partition coefficient (Wildman–Crippen LogP) is 4.26. The molecule has 1 aliphatic heterocycles. The molecule has 0 saturated carbocycles. The highest BCUT2D eigenvalue weighted by molar-refractivity contribution is 5.95. The second-order valence-electron chi connectivity index (χ2n) is 8.68. The first kappa shape index (κ1) is 23.6. The average Bonchev–Trinajstić information content (AvgIpc) is 2.83. The number of likely N-dealkylation sites (tertiary alicyclic amines) is 1. The molecular weight excluding hydrogens is 436 g/mol. The van der Waals surface area contributed by atoms with Crippen molar-refractivity contribution in [3.05, 3.63) is 95.1 Å². The molecule has 1 heterocycles. The van der Waals surface area contributed by atoms with Gasteiger partial charge >= 0.3 is 0 Å². The average molecular weight is 464 g/mol. The molecule has 34 heavy (non-hydrogen) atoms. The molecule has 0 spiro atoms. The molecule has 1 fully saturated rings. The zero-order chi connectivity index (χ0) is 24.1. The van der Waals surface area contributed by atoms with E-state index >= 15 is 0 Å². The summed E-state index contributed by atoms with van der Waals surface area (Å²) >= 11 is 0. The molecule has 3 N–H and O–H groups in total. The number of carbonyl (C=O) groups excluding carboxylic acids is 2. The molecule has 3 aromatic carbocycles. The Kier molecular flexibility index (Phi) is 7.33. The molecule has 1 atom stereocenters. The normalized spacial score (nSPS) is 16.2. The summed E-state index contributed by atoms with van der Waals surface area (Å²) in [7, 11) is 0. The maximum Gasteiger partial charge on any atom is 0.254 e. The van der Waals surface area contributed by atoms with E-state index in [-0.39, 0.29) is 29.8 Å². The first-order valence-electron chi connectivity index (χ1n) is 11.3. The number of nitrogens with one attached hydrogen (secondary N) is 1. The number of nitrogens with zero attached hydrogens (tertiary/aromatic N) is 1. The fourth-order valence-electron chi connectivity index (χ4n) is 4.33. The molecule has 176 valence electrons. The van der Waals surface area contributed by atoms with Crippen LogP contribution in [-0.2, 0) is 17.9 Å². The van der Waals surface area contributed by atoms with Crippen molar-refractivity contribution >= 4 is 11.8 Å². The molecule has 0 radical (unpaired) electrons. The summed E-state index contributed by atoms with van der Waals surface area (Å²) in [6.45, 7) is 2.53. The molecule has 1 aliphatic rings. The van der Waals surface area contributed by atoms with E-state index in [4.69, 9.17) is 5.73 Å². The van der Waals surface area contributed by atoms with Crippen molar-refractivity contribution in [1.29, 1.82) is 0 Å². The van der Waals surface area contributed by atoms with Crippen LogP contribution in [0.25, 0.3) is 11.1 Å². The van der Waals surface area contributed by atoms with Crippen molar-refractivity contribution in [1.82, 2.24) is 10.2 Å². The van der Waals surface area contributed by atoms with Gasteiger partial charge in [-0.3, -0.25) is 14.5 Å². The van der Waals surface area contributed by atoms with Crippen LogP contribution in [0.15, 0.2) is 66.7 Å².